The largest absolute Gasteiger partial charge is 0.479 e. The monoisotopic (exact) mass is 299 g/mol. The number of ether oxygens (including phenoxy) is 1. The van der Waals surface area contributed by atoms with Gasteiger partial charge in [-0.2, -0.15) is 0 Å². The third-order valence-corrected chi connectivity index (χ3v) is 3.74. The number of nitrogens with one attached hydrogen (secondary N) is 2. The number of urea groups is 1. The summed E-state index contributed by atoms with van der Waals surface area (Å²) in [6.07, 6.45) is 3.18. The van der Waals surface area contributed by atoms with Gasteiger partial charge in [-0.1, -0.05) is 12.8 Å². The highest BCUT2D eigenvalue weighted by Crippen LogP contribution is 2.17. The molecule has 21 heavy (non-hydrogen) atoms. The summed E-state index contributed by atoms with van der Waals surface area (Å²) < 4.78 is 5.07. The maximum Gasteiger partial charge on any atom is 0.334 e. The van der Waals surface area contributed by atoms with Crippen LogP contribution >= 0.6 is 0 Å². The lowest BCUT2D eigenvalue weighted by molar-refractivity contribution is -0.156. The number of nitrogens with zero attached hydrogens (tertiary/aromatic N) is 1. The summed E-state index contributed by atoms with van der Waals surface area (Å²) in [5.41, 5.74) is 0. The van der Waals surface area contributed by atoms with Crippen molar-refractivity contribution in [3.63, 3.8) is 0 Å². The van der Waals surface area contributed by atoms with E-state index >= 15 is 0 Å². The van der Waals surface area contributed by atoms with E-state index in [0.29, 0.717) is 6.54 Å². The van der Waals surface area contributed by atoms with Crippen molar-refractivity contribution in [2.45, 2.75) is 37.8 Å². The van der Waals surface area contributed by atoms with Gasteiger partial charge in [0.1, 0.15) is 0 Å². The first-order chi connectivity index (χ1) is 10.0. The van der Waals surface area contributed by atoms with Crippen LogP contribution in [0.5, 0.6) is 0 Å². The topological polar surface area (TPSA) is 108 Å². The number of carbonyl (C=O) groups excluding carboxylic acids is 2. The fraction of sp³-hybridized carbons (Fsp3) is 0.769. The van der Waals surface area contributed by atoms with Crippen molar-refractivity contribution < 1.29 is 24.2 Å². The summed E-state index contributed by atoms with van der Waals surface area (Å²) in [5.74, 6) is -1.48. The zero-order chi connectivity index (χ0) is 15.2. The lowest BCUT2D eigenvalue weighted by Crippen LogP contribution is -2.51. The van der Waals surface area contributed by atoms with Crippen molar-refractivity contribution >= 4 is 17.9 Å². The molecule has 2 fully saturated rings. The Morgan fingerprint density at radius 1 is 1.24 bits per heavy atom. The van der Waals surface area contributed by atoms with Gasteiger partial charge >= 0.3 is 12.0 Å². The Labute approximate surface area is 122 Å². The standard InChI is InChI=1S/C13H21N3O5/c17-11(15-13(20)14-9-3-1-2-4-9)8-16-5-6-21-10(7-16)12(18)19/h9-10H,1-8H2,(H,18,19)(H2,14,15,17,20). The number of morpholine rings is 1. The zero-order valence-corrected chi connectivity index (χ0v) is 11.8. The summed E-state index contributed by atoms with van der Waals surface area (Å²) in [6, 6.07) is -0.326. The van der Waals surface area contributed by atoms with Crippen LogP contribution in [0.4, 0.5) is 4.79 Å². The lowest BCUT2D eigenvalue weighted by Gasteiger charge is -2.30. The number of hydrogen-bond donors (Lipinski definition) is 3. The molecule has 3 amide bonds. The van der Waals surface area contributed by atoms with Crippen LogP contribution in [0.25, 0.3) is 0 Å². The molecule has 1 aliphatic carbocycles. The number of hydrogen-bond acceptors (Lipinski definition) is 5. The van der Waals surface area contributed by atoms with Crippen LogP contribution in [0.2, 0.25) is 0 Å². The Morgan fingerprint density at radius 2 is 1.95 bits per heavy atom. The molecule has 1 unspecified atom stereocenters. The average molecular weight is 299 g/mol. The van der Waals surface area contributed by atoms with E-state index in [1.54, 1.807) is 4.90 Å². The van der Waals surface area contributed by atoms with E-state index in [-0.39, 0.29) is 25.7 Å². The van der Waals surface area contributed by atoms with Crippen LogP contribution in [-0.4, -0.2) is 66.3 Å². The Balaban J connectivity index is 1.70. The average Bonchev–Trinajstić information content (AvgIpc) is 2.91. The van der Waals surface area contributed by atoms with Crippen LogP contribution in [0.1, 0.15) is 25.7 Å². The molecule has 118 valence electrons. The summed E-state index contributed by atoms with van der Waals surface area (Å²) in [6.45, 7) is 0.873. The molecule has 2 rings (SSSR count). The number of imide groups is 1. The van der Waals surface area contributed by atoms with Crippen LogP contribution < -0.4 is 10.6 Å². The molecule has 1 saturated heterocycles. The summed E-state index contributed by atoms with van der Waals surface area (Å²) in [4.78, 5) is 35.9. The van der Waals surface area contributed by atoms with Crippen molar-refractivity contribution in [3.05, 3.63) is 0 Å². The minimum Gasteiger partial charge on any atom is -0.479 e. The molecule has 0 aromatic carbocycles. The second-order valence-corrected chi connectivity index (χ2v) is 5.44. The first-order valence-corrected chi connectivity index (χ1v) is 7.21. The van der Waals surface area contributed by atoms with Gasteiger partial charge < -0.3 is 15.2 Å². The summed E-state index contributed by atoms with van der Waals surface area (Å²) >= 11 is 0. The second kappa shape index (κ2) is 7.37. The van der Waals surface area contributed by atoms with E-state index in [4.69, 9.17) is 9.84 Å². The molecule has 0 spiro atoms. The molecule has 0 bridgehead atoms. The number of carboxylic acid groups (broad SMARTS) is 1. The van der Waals surface area contributed by atoms with Crippen molar-refractivity contribution in [2.75, 3.05) is 26.2 Å². The Bertz CT molecular complexity index is 409. The normalized spacial score (nSPS) is 23.7. The van der Waals surface area contributed by atoms with E-state index < -0.39 is 24.0 Å². The molecule has 1 aliphatic heterocycles. The Kier molecular flexibility index (Phi) is 5.51. The van der Waals surface area contributed by atoms with Gasteiger partial charge in [-0.3, -0.25) is 15.0 Å². The Hall–Kier alpha value is -1.67. The van der Waals surface area contributed by atoms with Gasteiger partial charge in [0.15, 0.2) is 6.10 Å². The van der Waals surface area contributed by atoms with Gasteiger partial charge in [0.2, 0.25) is 5.91 Å². The van der Waals surface area contributed by atoms with Gasteiger partial charge in [0.25, 0.3) is 0 Å². The van der Waals surface area contributed by atoms with Gasteiger partial charge in [0.05, 0.1) is 13.2 Å². The molecule has 8 heteroatoms. The smallest absolute Gasteiger partial charge is 0.334 e. The fourth-order valence-electron chi connectivity index (χ4n) is 2.66. The number of carboxylic acids is 1. The van der Waals surface area contributed by atoms with E-state index in [9.17, 15) is 14.4 Å². The van der Waals surface area contributed by atoms with Crippen LogP contribution in [0.3, 0.4) is 0 Å². The molecular formula is C13H21N3O5. The highest BCUT2D eigenvalue weighted by molar-refractivity contribution is 5.95. The predicted octanol–water partition coefficient (Wildman–Crippen LogP) is -0.460. The van der Waals surface area contributed by atoms with Crippen LogP contribution in [0, 0.1) is 0 Å². The zero-order valence-electron chi connectivity index (χ0n) is 11.8. The minimum absolute atomic E-state index is 0.00870. The number of carbonyl (C=O) groups is 3. The van der Waals surface area contributed by atoms with E-state index in [2.05, 4.69) is 10.6 Å². The molecule has 8 nitrogen and oxygen atoms in total. The van der Waals surface area contributed by atoms with Gasteiger partial charge in [-0.15, -0.1) is 0 Å². The third-order valence-electron chi connectivity index (χ3n) is 3.74. The van der Waals surface area contributed by atoms with Crippen molar-refractivity contribution in [3.8, 4) is 0 Å². The molecule has 1 atom stereocenters. The quantitative estimate of drug-likeness (QED) is 0.648. The summed E-state index contributed by atoms with van der Waals surface area (Å²) in [7, 11) is 0. The maximum absolute atomic E-state index is 11.8. The van der Waals surface area contributed by atoms with Crippen molar-refractivity contribution in [1.82, 2.24) is 15.5 Å². The molecule has 2 aliphatic rings. The molecule has 0 aromatic rings. The highest BCUT2D eigenvalue weighted by Gasteiger charge is 2.27. The molecular weight excluding hydrogens is 278 g/mol. The molecule has 0 aromatic heterocycles. The van der Waals surface area contributed by atoms with Gasteiger partial charge in [0, 0.05) is 19.1 Å². The van der Waals surface area contributed by atoms with Gasteiger partial charge in [-0.25, -0.2) is 9.59 Å². The number of rotatable bonds is 4. The first-order valence-electron chi connectivity index (χ1n) is 7.21. The lowest BCUT2D eigenvalue weighted by atomic mass is 10.2. The van der Waals surface area contributed by atoms with E-state index in [1.165, 1.54) is 0 Å². The van der Waals surface area contributed by atoms with Crippen molar-refractivity contribution in [1.29, 1.82) is 0 Å². The van der Waals surface area contributed by atoms with Crippen LogP contribution in [0.15, 0.2) is 0 Å². The molecule has 1 heterocycles. The minimum atomic E-state index is -1.04. The Morgan fingerprint density at radius 3 is 2.62 bits per heavy atom. The second-order valence-electron chi connectivity index (χ2n) is 5.44. The maximum atomic E-state index is 11.8. The van der Waals surface area contributed by atoms with E-state index in [0.717, 1.165) is 25.7 Å². The molecule has 3 N–H and O–H groups in total. The number of aliphatic carboxylic acids is 1. The fourth-order valence-corrected chi connectivity index (χ4v) is 2.66. The van der Waals surface area contributed by atoms with Crippen molar-refractivity contribution in [2.24, 2.45) is 0 Å². The van der Waals surface area contributed by atoms with E-state index in [1.807, 2.05) is 0 Å². The first kappa shape index (κ1) is 15.7. The third kappa shape index (κ3) is 4.98. The molecule has 0 radical (unpaired) electrons. The highest BCUT2D eigenvalue weighted by atomic mass is 16.5. The summed E-state index contributed by atoms with van der Waals surface area (Å²) in [5, 5.41) is 13.9. The number of amides is 3. The van der Waals surface area contributed by atoms with Crippen LogP contribution in [-0.2, 0) is 14.3 Å². The predicted molar refractivity (Wildman–Crippen MR) is 72.7 cm³/mol. The SMILES string of the molecule is O=C(CN1CCOC(C(=O)O)C1)NC(=O)NC1CCCC1. The van der Waals surface area contributed by atoms with Gasteiger partial charge in [-0.05, 0) is 12.8 Å². The molecule has 1 saturated carbocycles.